The summed E-state index contributed by atoms with van der Waals surface area (Å²) in [4.78, 5) is 12.5. The van der Waals surface area contributed by atoms with Crippen LogP contribution in [0.2, 0.25) is 0 Å². The van der Waals surface area contributed by atoms with Crippen LogP contribution in [0.25, 0.3) is 0 Å². The van der Waals surface area contributed by atoms with E-state index in [2.05, 4.69) is 42.7 Å². The normalized spacial score (nSPS) is 13.1. The SMILES string of the molecule is Cc1ccc([C@@H](C)NC(=O)CN[C@@H](c2ccccc2)c2ccco2)cc1C. The summed E-state index contributed by atoms with van der Waals surface area (Å²) in [6, 6.07) is 19.8. The second-order valence-corrected chi connectivity index (χ2v) is 6.87. The van der Waals surface area contributed by atoms with Crippen LogP contribution < -0.4 is 10.6 Å². The lowest BCUT2D eigenvalue weighted by molar-refractivity contribution is -0.121. The molecule has 4 heteroatoms. The van der Waals surface area contributed by atoms with Gasteiger partial charge in [0.05, 0.1) is 24.9 Å². The van der Waals surface area contributed by atoms with Gasteiger partial charge in [0.25, 0.3) is 0 Å². The van der Waals surface area contributed by atoms with E-state index in [9.17, 15) is 4.79 Å². The molecule has 2 atom stereocenters. The van der Waals surface area contributed by atoms with Crippen molar-refractivity contribution in [3.8, 4) is 0 Å². The van der Waals surface area contributed by atoms with Crippen LogP contribution in [0, 0.1) is 13.8 Å². The Morgan fingerprint density at radius 2 is 1.74 bits per heavy atom. The third kappa shape index (κ3) is 4.86. The fourth-order valence-electron chi connectivity index (χ4n) is 3.09. The average Bonchev–Trinajstić information content (AvgIpc) is 3.19. The Labute approximate surface area is 160 Å². The minimum absolute atomic E-state index is 0.0441. The van der Waals surface area contributed by atoms with Gasteiger partial charge in [0, 0.05) is 0 Å². The second kappa shape index (κ2) is 8.69. The van der Waals surface area contributed by atoms with Gasteiger partial charge >= 0.3 is 0 Å². The van der Waals surface area contributed by atoms with Gasteiger partial charge in [0.2, 0.25) is 5.91 Å². The second-order valence-electron chi connectivity index (χ2n) is 6.87. The summed E-state index contributed by atoms with van der Waals surface area (Å²) in [5.74, 6) is 0.740. The molecule has 27 heavy (non-hydrogen) atoms. The zero-order valence-corrected chi connectivity index (χ0v) is 16.0. The molecule has 2 aromatic carbocycles. The standard InChI is InChI=1S/C23H26N2O2/c1-16-11-12-20(14-17(16)2)18(3)25-22(26)15-24-23(21-10-7-13-27-21)19-8-5-4-6-9-19/h4-14,18,23-24H,15H2,1-3H3,(H,25,26)/t18-,23+/m1/s1. The summed E-state index contributed by atoms with van der Waals surface area (Å²) in [7, 11) is 0. The molecule has 1 amide bonds. The number of rotatable bonds is 7. The molecule has 0 unspecified atom stereocenters. The highest BCUT2D eigenvalue weighted by atomic mass is 16.3. The molecule has 0 aliphatic rings. The first-order chi connectivity index (χ1) is 13.0. The van der Waals surface area contributed by atoms with Crippen molar-refractivity contribution in [1.82, 2.24) is 10.6 Å². The van der Waals surface area contributed by atoms with Crippen LogP contribution in [0.4, 0.5) is 0 Å². The minimum atomic E-state index is -0.163. The summed E-state index contributed by atoms with van der Waals surface area (Å²) in [6.45, 7) is 6.38. The van der Waals surface area contributed by atoms with E-state index in [0.29, 0.717) is 0 Å². The van der Waals surface area contributed by atoms with Gasteiger partial charge in [0.15, 0.2) is 0 Å². The quantitative estimate of drug-likeness (QED) is 0.653. The predicted octanol–water partition coefficient (Wildman–Crippen LogP) is 4.45. The molecule has 0 aliphatic heterocycles. The zero-order chi connectivity index (χ0) is 19.2. The lowest BCUT2D eigenvalue weighted by Crippen LogP contribution is -2.37. The van der Waals surface area contributed by atoms with Gasteiger partial charge in [-0.15, -0.1) is 0 Å². The molecule has 0 saturated carbocycles. The van der Waals surface area contributed by atoms with E-state index in [-0.39, 0.29) is 24.5 Å². The Bertz CT molecular complexity index is 873. The van der Waals surface area contributed by atoms with Crippen LogP contribution in [0.3, 0.4) is 0 Å². The first-order valence-corrected chi connectivity index (χ1v) is 9.23. The summed E-state index contributed by atoms with van der Waals surface area (Å²) in [5, 5.41) is 6.37. The number of amides is 1. The Morgan fingerprint density at radius 1 is 0.963 bits per heavy atom. The number of furan rings is 1. The number of nitrogens with one attached hydrogen (secondary N) is 2. The molecule has 3 rings (SSSR count). The van der Waals surface area contributed by atoms with E-state index in [1.165, 1.54) is 11.1 Å². The number of hydrogen-bond acceptors (Lipinski definition) is 3. The summed E-state index contributed by atoms with van der Waals surface area (Å²) >= 11 is 0. The predicted molar refractivity (Wildman–Crippen MR) is 107 cm³/mol. The van der Waals surface area contributed by atoms with E-state index in [0.717, 1.165) is 16.9 Å². The molecule has 2 N–H and O–H groups in total. The smallest absolute Gasteiger partial charge is 0.234 e. The maximum atomic E-state index is 12.5. The highest BCUT2D eigenvalue weighted by Gasteiger charge is 2.18. The summed E-state index contributed by atoms with van der Waals surface area (Å²) in [6.07, 6.45) is 1.65. The van der Waals surface area contributed by atoms with Crippen molar-refractivity contribution < 1.29 is 9.21 Å². The third-order valence-corrected chi connectivity index (χ3v) is 4.84. The maximum absolute atomic E-state index is 12.5. The van der Waals surface area contributed by atoms with Crippen LogP contribution in [0.5, 0.6) is 0 Å². The highest BCUT2D eigenvalue weighted by molar-refractivity contribution is 5.78. The Balaban J connectivity index is 1.63. The highest BCUT2D eigenvalue weighted by Crippen LogP contribution is 2.22. The molecular weight excluding hydrogens is 336 g/mol. The molecule has 4 nitrogen and oxygen atoms in total. The van der Waals surface area contributed by atoms with Crippen molar-refractivity contribution in [3.05, 3.63) is 94.9 Å². The van der Waals surface area contributed by atoms with E-state index in [1.807, 2.05) is 49.4 Å². The van der Waals surface area contributed by atoms with Crippen molar-refractivity contribution in [3.63, 3.8) is 0 Å². The van der Waals surface area contributed by atoms with Gasteiger partial charge in [-0.1, -0.05) is 48.5 Å². The first-order valence-electron chi connectivity index (χ1n) is 9.23. The number of carbonyl (C=O) groups is 1. The Hall–Kier alpha value is -2.85. The molecule has 0 saturated heterocycles. The molecule has 1 heterocycles. The van der Waals surface area contributed by atoms with E-state index < -0.39 is 0 Å². The topological polar surface area (TPSA) is 54.3 Å². The fraction of sp³-hybridized carbons (Fsp3) is 0.261. The van der Waals surface area contributed by atoms with Gasteiger partial charge in [-0.3, -0.25) is 10.1 Å². The van der Waals surface area contributed by atoms with Gasteiger partial charge in [-0.25, -0.2) is 0 Å². The lowest BCUT2D eigenvalue weighted by Gasteiger charge is -2.19. The van der Waals surface area contributed by atoms with E-state index in [4.69, 9.17) is 4.42 Å². The van der Waals surface area contributed by atoms with Crippen molar-refractivity contribution >= 4 is 5.91 Å². The van der Waals surface area contributed by atoms with Crippen LogP contribution >= 0.6 is 0 Å². The molecule has 0 bridgehead atoms. The molecule has 0 aliphatic carbocycles. The third-order valence-electron chi connectivity index (χ3n) is 4.84. The summed E-state index contributed by atoms with van der Waals surface area (Å²) < 4.78 is 5.56. The molecule has 0 fully saturated rings. The average molecular weight is 362 g/mol. The molecule has 0 spiro atoms. The maximum Gasteiger partial charge on any atom is 0.234 e. The molecular formula is C23H26N2O2. The number of hydrogen-bond donors (Lipinski definition) is 2. The van der Waals surface area contributed by atoms with Gasteiger partial charge in [-0.05, 0) is 55.2 Å². The number of carbonyl (C=O) groups excluding carboxylic acids is 1. The Kier molecular flexibility index (Phi) is 6.09. The first kappa shape index (κ1) is 18.9. The van der Waals surface area contributed by atoms with E-state index in [1.54, 1.807) is 6.26 Å². The minimum Gasteiger partial charge on any atom is -0.467 e. The van der Waals surface area contributed by atoms with Gasteiger partial charge in [0.1, 0.15) is 5.76 Å². The molecule has 140 valence electrons. The number of aryl methyl sites for hydroxylation is 2. The van der Waals surface area contributed by atoms with Crippen molar-refractivity contribution in [2.75, 3.05) is 6.54 Å². The van der Waals surface area contributed by atoms with Crippen LogP contribution in [0.15, 0.2) is 71.3 Å². The Morgan fingerprint density at radius 3 is 2.41 bits per heavy atom. The fourth-order valence-corrected chi connectivity index (χ4v) is 3.09. The van der Waals surface area contributed by atoms with Gasteiger partial charge in [-0.2, -0.15) is 0 Å². The van der Waals surface area contributed by atoms with Crippen LogP contribution in [-0.2, 0) is 4.79 Å². The molecule has 1 aromatic heterocycles. The largest absolute Gasteiger partial charge is 0.467 e. The van der Waals surface area contributed by atoms with E-state index >= 15 is 0 Å². The van der Waals surface area contributed by atoms with Crippen molar-refractivity contribution in [2.24, 2.45) is 0 Å². The molecule has 0 radical (unpaired) electrons. The van der Waals surface area contributed by atoms with Crippen LogP contribution in [-0.4, -0.2) is 12.5 Å². The molecule has 3 aromatic rings. The number of benzene rings is 2. The van der Waals surface area contributed by atoms with Crippen LogP contribution in [0.1, 0.15) is 47.0 Å². The summed E-state index contributed by atoms with van der Waals surface area (Å²) in [5.41, 5.74) is 4.65. The van der Waals surface area contributed by atoms with Gasteiger partial charge < -0.3 is 9.73 Å². The van der Waals surface area contributed by atoms with Crippen molar-refractivity contribution in [1.29, 1.82) is 0 Å². The monoisotopic (exact) mass is 362 g/mol. The zero-order valence-electron chi connectivity index (χ0n) is 16.0. The lowest BCUT2D eigenvalue weighted by atomic mass is 10.0. The van der Waals surface area contributed by atoms with Crippen molar-refractivity contribution in [2.45, 2.75) is 32.9 Å².